The van der Waals surface area contributed by atoms with E-state index in [0.717, 1.165) is 50.5 Å². The number of alkyl halides is 3. The van der Waals surface area contributed by atoms with Crippen LogP contribution in [-0.2, 0) is 35.2 Å². The van der Waals surface area contributed by atoms with Gasteiger partial charge < -0.3 is 29.5 Å². The van der Waals surface area contributed by atoms with Crippen molar-refractivity contribution in [2.45, 2.75) is 63.9 Å². The number of aromatic nitrogens is 5. The molecule has 7 rings (SSSR count). The first-order valence-electron chi connectivity index (χ1n) is 17.1. The smallest absolute Gasteiger partial charge is 0.416 e. The molecule has 3 saturated heterocycles. The average Bonchev–Trinajstić information content (AvgIpc) is 3.76. The first kappa shape index (κ1) is 35.0. The summed E-state index contributed by atoms with van der Waals surface area (Å²) in [6.45, 7) is 6.26. The van der Waals surface area contributed by atoms with E-state index < -0.39 is 17.6 Å². The summed E-state index contributed by atoms with van der Waals surface area (Å²) in [7, 11) is 0. The fraction of sp³-hybridized carbons (Fsp3) is 0.500. The summed E-state index contributed by atoms with van der Waals surface area (Å²) in [4.78, 5) is 43.1. The summed E-state index contributed by atoms with van der Waals surface area (Å²) >= 11 is 6.16. The van der Waals surface area contributed by atoms with Crippen LogP contribution in [0.1, 0.15) is 49.6 Å². The van der Waals surface area contributed by atoms with Crippen LogP contribution in [0, 0.1) is 0 Å². The van der Waals surface area contributed by atoms with Crippen LogP contribution in [0.3, 0.4) is 0 Å². The molecular weight excluding hydrogens is 691 g/mol. The quantitative estimate of drug-likeness (QED) is 0.270. The molecule has 0 bridgehead atoms. The third-order valence-electron chi connectivity index (χ3n) is 10.1. The van der Waals surface area contributed by atoms with Gasteiger partial charge in [-0.15, -0.1) is 5.10 Å². The second-order valence-electron chi connectivity index (χ2n) is 13.3. The summed E-state index contributed by atoms with van der Waals surface area (Å²) in [5, 5.41) is 17.3. The number of nitrogens with zero attached hydrogens (tertiary/aromatic N) is 8. The van der Waals surface area contributed by atoms with Crippen LogP contribution in [0.5, 0.6) is 5.75 Å². The van der Waals surface area contributed by atoms with Crippen LogP contribution < -0.4 is 20.7 Å². The lowest BCUT2D eigenvalue weighted by Crippen LogP contribution is -2.48. The molecule has 3 aliphatic heterocycles. The fourth-order valence-corrected chi connectivity index (χ4v) is 7.56. The number of aromatic hydroxyl groups is 1. The molecule has 51 heavy (non-hydrogen) atoms. The molecule has 3 aromatic heterocycles. The molecule has 0 aliphatic carbocycles. The number of piperazine rings is 1. The Labute approximate surface area is 296 Å². The van der Waals surface area contributed by atoms with Gasteiger partial charge in [-0.25, -0.2) is 0 Å². The number of pyridine rings is 1. The molecule has 0 saturated carbocycles. The SMILES string of the molecule is CCc1c(N2CCN(Cc3ncccc3O)CC2)c(=O)n2nc(N3CCC4(CCCO4)CC3)nc2n1CC(=O)Nc1ccc(C(F)(F)F)cc1Cl. The second-order valence-corrected chi connectivity index (χ2v) is 13.7. The molecule has 3 aliphatic rings. The maximum atomic E-state index is 14.3. The van der Waals surface area contributed by atoms with E-state index in [2.05, 4.69) is 20.3 Å². The summed E-state index contributed by atoms with van der Waals surface area (Å²) in [5.74, 6) is 0.120. The molecule has 4 aromatic rings. The maximum absolute atomic E-state index is 14.3. The number of benzene rings is 1. The summed E-state index contributed by atoms with van der Waals surface area (Å²) in [6.07, 6.45) is 1.11. The van der Waals surface area contributed by atoms with Crippen LogP contribution in [-0.4, -0.2) is 91.5 Å². The van der Waals surface area contributed by atoms with E-state index in [4.69, 9.17) is 21.3 Å². The number of ether oxygens (including phenoxy) is 1. The predicted molar refractivity (Wildman–Crippen MR) is 184 cm³/mol. The van der Waals surface area contributed by atoms with Crippen molar-refractivity contribution < 1.29 is 27.8 Å². The summed E-state index contributed by atoms with van der Waals surface area (Å²) < 4.78 is 48.7. The lowest BCUT2D eigenvalue weighted by molar-refractivity contribution is -0.137. The number of carbonyl (C=O) groups excluding carboxylic acids is 1. The Kier molecular flexibility index (Phi) is 9.58. The molecule has 1 spiro atoms. The second kappa shape index (κ2) is 14.0. The standard InChI is InChI=1S/C34H39ClF3N9O4/c1-2-26-29(44-16-14-43(15-17-44)20-25-27(48)5-3-11-39-25)30(50)47-32(41-31(42-47)45-12-9-33(10-13-45)8-4-18-51-33)46(26)21-28(49)40-24-7-6-22(19-23(24)35)34(36,37)38/h3,5-7,11,19,48H,2,4,8-10,12-18,20-21H2,1H3,(H,40,49). The number of piperidine rings is 1. The van der Waals surface area contributed by atoms with Crippen LogP contribution >= 0.6 is 11.6 Å². The Hall–Kier alpha value is -4.41. The van der Waals surface area contributed by atoms with Crippen molar-refractivity contribution in [3.8, 4) is 5.75 Å². The van der Waals surface area contributed by atoms with E-state index in [1.807, 2.05) is 16.7 Å². The minimum Gasteiger partial charge on any atom is -0.506 e. The maximum Gasteiger partial charge on any atom is 0.416 e. The Bertz CT molecular complexity index is 1980. The highest BCUT2D eigenvalue weighted by molar-refractivity contribution is 6.33. The van der Waals surface area contributed by atoms with Gasteiger partial charge in [0.25, 0.3) is 5.56 Å². The number of fused-ring (bicyclic) bond motifs is 1. The van der Waals surface area contributed by atoms with Gasteiger partial charge in [0.05, 0.1) is 33.3 Å². The van der Waals surface area contributed by atoms with Crippen molar-refractivity contribution in [3.63, 3.8) is 0 Å². The lowest BCUT2D eigenvalue weighted by atomic mass is 9.89. The van der Waals surface area contributed by atoms with Crippen LogP contribution in [0.25, 0.3) is 5.78 Å². The Morgan fingerprint density at radius 3 is 2.49 bits per heavy atom. The van der Waals surface area contributed by atoms with Gasteiger partial charge in [0.1, 0.15) is 18.0 Å². The highest BCUT2D eigenvalue weighted by Crippen LogP contribution is 2.37. The van der Waals surface area contributed by atoms with Gasteiger partial charge in [-0.3, -0.25) is 19.5 Å². The van der Waals surface area contributed by atoms with Crippen molar-refractivity contribution in [2.24, 2.45) is 0 Å². The zero-order chi connectivity index (χ0) is 35.9. The molecule has 272 valence electrons. The molecule has 0 radical (unpaired) electrons. The van der Waals surface area contributed by atoms with Gasteiger partial charge >= 0.3 is 6.18 Å². The van der Waals surface area contributed by atoms with Crippen molar-refractivity contribution in [2.75, 3.05) is 61.0 Å². The minimum absolute atomic E-state index is 0.0265. The number of carbonyl (C=O) groups is 1. The molecule has 0 atom stereocenters. The number of hydrogen-bond acceptors (Lipinski definition) is 10. The van der Waals surface area contributed by atoms with Crippen molar-refractivity contribution in [3.05, 3.63) is 68.9 Å². The third-order valence-corrected chi connectivity index (χ3v) is 10.4. The molecule has 0 unspecified atom stereocenters. The van der Waals surface area contributed by atoms with Gasteiger partial charge in [-0.05, 0) is 62.4 Å². The van der Waals surface area contributed by atoms with E-state index in [1.54, 1.807) is 22.9 Å². The minimum atomic E-state index is -4.59. The first-order chi connectivity index (χ1) is 24.4. The third kappa shape index (κ3) is 7.08. The number of halogens is 4. The van der Waals surface area contributed by atoms with E-state index in [0.29, 0.717) is 75.3 Å². The number of hydrogen-bond donors (Lipinski definition) is 2. The Morgan fingerprint density at radius 1 is 1.08 bits per heavy atom. The molecule has 17 heteroatoms. The van der Waals surface area contributed by atoms with Crippen molar-refractivity contribution in [1.29, 1.82) is 0 Å². The molecule has 1 aromatic carbocycles. The average molecular weight is 730 g/mol. The first-order valence-corrected chi connectivity index (χ1v) is 17.5. The van der Waals surface area contributed by atoms with E-state index in [9.17, 15) is 27.9 Å². The molecule has 6 heterocycles. The Morgan fingerprint density at radius 2 is 1.84 bits per heavy atom. The van der Waals surface area contributed by atoms with E-state index in [1.165, 1.54) is 4.52 Å². The highest BCUT2D eigenvalue weighted by atomic mass is 35.5. The molecular formula is C34H39ClF3N9O4. The number of nitrogens with one attached hydrogen (secondary N) is 1. The normalized spacial score (nSPS) is 18.2. The fourth-order valence-electron chi connectivity index (χ4n) is 7.34. The van der Waals surface area contributed by atoms with Gasteiger partial charge in [0.2, 0.25) is 17.6 Å². The lowest BCUT2D eigenvalue weighted by Gasteiger charge is -2.38. The predicted octanol–water partition coefficient (Wildman–Crippen LogP) is 4.34. The summed E-state index contributed by atoms with van der Waals surface area (Å²) in [6, 6.07) is 6.01. The van der Waals surface area contributed by atoms with Gasteiger partial charge in [0, 0.05) is 58.6 Å². The van der Waals surface area contributed by atoms with Crippen LogP contribution in [0.4, 0.5) is 30.5 Å². The van der Waals surface area contributed by atoms with Gasteiger partial charge in [-0.2, -0.15) is 22.7 Å². The molecule has 1 amide bonds. The van der Waals surface area contributed by atoms with E-state index >= 15 is 0 Å². The van der Waals surface area contributed by atoms with Gasteiger partial charge in [0.15, 0.2) is 0 Å². The number of rotatable bonds is 8. The summed E-state index contributed by atoms with van der Waals surface area (Å²) in [5.41, 5.74) is 0.164. The Balaban J connectivity index is 1.20. The topological polar surface area (TPSA) is 133 Å². The zero-order valence-electron chi connectivity index (χ0n) is 28.1. The molecule has 13 nitrogen and oxygen atoms in total. The number of amides is 1. The van der Waals surface area contributed by atoms with Crippen LogP contribution in [0.2, 0.25) is 5.02 Å². The van der Waals surface area contributed by atoms with E-state index in [-0.39, 0.29) is 39.9 Å². The largest absolute Gasteiger partial charge is 0.506 e. The number of anilines is 3. The molecule has 2 N–H and O–H groups in total. The van der Waals surface area contributed by atoms with Crippen molar-refractivity contribution >= 4 is 40.6 Å². The zero-order valence-corrected chi connectivity index (χ0v) is 28.9. The molecule has 3 fully saturated rings. The van der Waals surface area contributed by atoms with Gasteiger partial charge in [-0.1, -0.05) is 18.5 Å². The van der Waals surface area contributed by atoms with Crippen LogP contribution in [0.15, 0.2) is 41.3 Å². The highest BCUT2D eigenvalue weighted by Gasteiger charge is 2.39. The monoisotopic (exact) mass is 729 g/mol. The van der Waals surface area contributed by atoms with Crippen molar-refractivity contribution in [1.82, 2.24) is 29.0 Å².